The van der Waals surface area contributed by atoms with Crippen LogP contribution in [0, 0.1) is 0 Å². The molecular formula is C15H15NO5S. The summed E-state index contributed by atoms with van der Waals surface area (Å²) in [5.74, 6) is 0.738. The molecule has 7 heteroatoms. The second kappa shape index (κ2) is 4.81. The molecule has 0 radical (unpaired) electrons. The molecule has 22 heavy (non-hydrogen) atoms. The number of aliphatic carboxylic acids is 1. The van der Waals surface area contributed by atoms with Crippen LogP contribution >= 0.6 is 11.8 Å². The first kappa shape index (κ1) is 13.8. The summed E-state index contributed by atoms with van der Waals surface area (Å²) in [7, 11) is 0. The molecule has 2 fully saturated rings. The number of thioether (sulfide) groups is 1. The zero-order chi connectivity index (χ0) is 15.3. The van der Waals surface area contributed by atoms with E-state index in [0.717, 1.165) is 5.56 Å². The molecule has 3 heterocycles. The van der Waals surface area contributed by atoms with Gasteiger partial charge < -0.3 is 19.5 Å². The van der Waals surface area contributed by atoms with Gasteiger partial charge in [0, 0.05) is 12.2 Å². The molecule has 0 unspecified atom stereocenters. The van der Waals surface area contributed by atoms with Crippen LogP contribution < -0.4 is 9.47 Å². The normalized spacial score (nSPS) is 29.5. The molecule has 0 spiro atoms. The highest BCUT2D eigenvalue weighted by atomic mass is 32.2. The summed E-state index contributed by atoms with van der Waals surface area (Å²) in [6.07, 6.45) is 1.01. The Kier molecular flexibility index (Phi) is 3.00. The molecule has 3 aliphatic heterocycles. The number of hydrogen-bond acceptors (Lipinski definition) is 5. The summed E-state index contributed by atoms with van der Waals surface area (Å²) in [4.78, 5) is 24.6. The number of nitrogens with zero attached hydrogens (tertiary/aromatic N) is 1. The van der Waals surface area contributed by atoms with Crippen molar-refractivity contribution in [3.63, 3.8) is 0 Å². The predicted octanol–water partition coefficient (Wildman–Crippen LogP) is 1.43. The fraction of sp³-hybridized carbons (Fsp3) is 0.467. The molecule has 0 saturated carbocycles. The Bertz CT molecular complexity index is 663. The maximum absolute atomic E-state index is 12.2. The van der Waals surface area contributed by atoms with E-state index in [0.29, 0.717) is 43.3 Å². The van der Waals surface area contributed by atoms with Crippen molar-refractivity contribution >= 4 is 23.6 Å². The van der Waals surface area contributed by atoms with Crippen molar-refractivity contribution in [2.75, 3.05) is 19.0 Å². The van der Waals surface area contributed by atoms with E-state index >= 15 is 0 Å². The van der Waals surface area contributed by atoms with Crippen LogP contribution in [0.5, 0.6) is 11.5 Å². The third kappa shape index (κ3) is 1.81. The van der Waals surface area contributed by atoms with Gasteiger partial charge in [0.05, 0.1) is 0 Å². The van der Waals surface area contributed by atoms with Crippen LogP contribution in [0.2, 0.25) is 0 Å². The molecule has 3 aliphatic rings. The highest BCUT2D eigenvalue weighted by Gasteiger charge is 2.57. The first-order chi connectivity index (χ1) is 10.6. The molecule has 2 atom stereocenters. The molecule has 1 aromatic carbocycles. The second-order valence-electron chi connectivity index (χ2n) is 5.57. The Morgan fingerprint density at radius 3 is 2.86 bits per heavy atom. The van der Waals surface area contributed by atoms with E-state index < -0.39 is 16.9 Å². The number of carboxylic acid groups (broad SMARTS) is 1. The lowest BCUT2D eigenvalue weighted by Crippen LogP contribution is -2.46. The van der Waals surface area contributed by atoms with Crippen LogP contribution in [0.3, 0.4) is 0 Å². The number of ether oxygens (including phenoxy) is 2. The number of benzene rings is 1. The molecule has 6 nitrogen and oxygen atoms in total. The summed E-state index contributed by atoms with van der Waals surface area (Å²) < 4.78 is 11.1. The predicted molar refractivity (Wildman–Crippen MR) is 79.1 cm³/mol. The van der Waals surface area contributed by atoms with E-state index in [1.807, 2.05) is 18.2 Å². The quantitative estimate of drug-likeness (QED) is 0.888. The Morgan fingerprint density at radius 1 is 1.32 bits per heavy atom. The molecule has 4 rings (SSSR count). The Balaban J connectivity index is 1.77. The standard InChI is InChI=1S/C15H15NO5S/c17-13-3-4-15(16(13)10(8-22-15)14(18)19)9-1-2-11-12(7-9)21-6-5-20-11/h1-2,7,10H,3-6,8H2,(H,18,19)/t10-,15-/m0/s1. The number of carboxylic acids is 1. The maximum atomic E-state index is 12.2. The average molecular weight is 321 g/mol. The average Bonchev–Trinajstić information content (AvgIpc) is 3.06. The van der Waals surface area contributed by atoms with E-state index in [1.54, 1.807) is 4.90 Å². The van der Waals surface area contributed by atoms with Gasteiger partial charge in [0.2, 0.25) is 5.91 Å². The fourth-order valence-electron chi connectivity index (χ4n) is 3.41. The Morgan fingerprint density at radius 2 is 2.09 bits per heavy atom. The van der Waals surface area contributed by atoms with Gasteiger partial charge in [-0.15, -0.1) is 11.8 Å². The Labute approximate surface area is 131 Å². The van der Waals surface area contributed by atoms with Crippen LogP contribution in [0.25, 0.3) is 0 Å². The van der Waals surface area contributed by atoms with E-state index in [1.165, 1.54) is 11.8 Å². The number of amides is 1. The zero-order valence-corrected chi connectivity index (χ0v) is 12.6. The van der Waals surface area contributed by atoms with E-state index in [2.05, 4.69) is 0 Å². The van der Waals surface area contributed by atoms with E-state index in [-0.39, 0.29) is 5.91 Å². The van der Waals surface area contributed by atoms with Crippen molar-refractivity contribution in [2.45, 2.75) is 23.8 Å². The second-order valence-corrected chi connectivity index (χ2v) is 6.87. The van der Waals surface area contributed by atoms with Crippen molar-refractivity contribution in [1.29, 1.82) is 0 Å². The van der Waals surface area contributed by atoms with Gasteiger partial charge in [0.25, 0.3) is 0 Å². The van der Waals surface area contributed by atoms with Gasteiger partial charge in [-0.25, -0.2) is 4.79 Å². The summed E-state index contributed by atoms with van der Waals surface area (Å²) in [6, 6.07) is 4.88. The largest absolute Gasteiger partial charge is 0.486 e. The van der Waals surface area contributed by atoms with Gasteiger partial charge in [-0.3, -0.25) is 4.79 Å². The molecule has 116 valence electrons. The van der Waals surface area contributed by atoms with Crippen LogP contribution in [0.15, 0.2) is 18.2 Å². The summed E-state index contributed by atoms with van der Waals surface area (Å²) in [5.41, 5.74) is 0.913. The smallest absolute Gasteiger partial charge is 0.327 e. The first-order valence-corrected chi connectivity index (χ1v) is 8.19. The molecule has 0 aromatic heterocycles. The van der Waals surface area contributed by atoms with Gasteiger partial charge in [-0.05, 0) is 24.1 Å². The molecular weight excluding hydrogens is 306 g/mol. The SMILES string of the molecule is O=C(O)[C@@H]1CS[C@]2(c3ccc4c(c3)OCCO4)CCC(=O)N12. The minimum absolute atomic E-state index is 0.0905. The lowest BCUT2D eigenvalue weighted by Gasteiger charge is -2.34. The van der Waals surface area contributed by atoms with Crippen LogP contribution in [0.1, 0.15) is 18.4 Å². The number of hydrogen-bond donors (Lipinski definition) is 1. The first-order valence-electron chi connectivity index (χ1n) is 7.21. The zero-order valence-electron chi connectivity index (χ0n) is 11.8. The maximum Gasteiger partial charge on any atom is 0.327 e. The number of carbonyl (C=O) groups is 2. The van der Waals surface area contributed by atoms with Gasteiger partial charge in [0.15, 0.2) is 11.5 Å². The molecule has 0 aliphatic carbocycles. The highest BCUT2D eigenvalue weighted by molar-refractivity contribution is 8.00. The van der Waals surface area contributed by atoms with Crippen molar-refractivity contribution in [1.82, 2.24) is 4.90 Å². The van der Waals surface area contributed by atoms with E-state index in [4.69, 9.17) is 9.47 Å². The lowest BCUT2D eigenvalue weighted by atomic mass is 10.0. The van der Waals surface area contributed by atoms with Gasteiger partial charge in [0.1, 0.15) is 24.1 Å². The molecule has 0 bridgehead atoms. The van der Waals surface area contributed by atoms with Crippen molar-refractivity contribution in [3.8, 4) is 11.5 Å². The van der Waals surface area contributed by atoms with E-state index in [9.17, 15) is 14.7 Å². The van der Waals surface area contributed by atoms with Crippen molar-refractivity contribution in [2.24, 2.45) is 0 Å². The monoisotopic (exact) mass is 321 g/mol. The fourth-order valence-corrected chi connectivity index (χ4v) is 5.05. The van der Waals surface area contributed by atoms with Gasteiger partial charge in [-0.2, -0.15) is 0 Å². The summed E-state index contributed by atoms with van der Waals surface area (Å²) in [5, 5.41) is 9.38. The number of rotatable bonds is 2. The third-order valence-corrected chi connectivity index (χ3v) is 6.00. The summed E-state index contributed by atoms with van der Waals surface area (Å²) >= 11 is 1.53. The van der Waals surface area contributed by atoms with Crippen molar-refractivity contribution in [3.05, 3.63) is 23.8 Å². The number of carbonyl (C=O) groups excluding carboxylic acids is 1. The van der Waals surface area contributed by atoms with Crippen LogP contribution in [-0.4, -0.2) is 46.9 Å². The third-order valence-electron chi connectivity index (χ3n) is 4.41. The van der Waals surface area contributed by atoms with Crippen LogP contribution in [-0.2, 0) is 14.5 Å². The van der Waals surface area contributed by atoms with Gasteiger partial charge >= 0.3 is 5.97 Å². The molecule has 2 saturated heterocycles. The molecule has 1 aromatic rings. The molecule has 1 N–H and O–H groups in total. The van der Waals surface area contributed by atoms with Gasteiger partial charge in [-0.1, -0.05) is 6.07 Å². The Hall–Kier alpha value is -1.89. The number of fused-ring (bicyclic) bond motifs is 2. The minimum Gasteiger partial charge on any atom is -0.486 e. The lowest BCUT2D eigenvalue weighted by molar-refractivity contribution is -0.148. The molecule has 1 amide bonds. The summed E-state index contributed by atoms with van der Waals surface area (Å²) in [6.45, 7) is 1.02. The topological polar surface area (TPSA) is 76.1 Å². The van der Waals surface area contributed by atoms with Crippen molar-refractivity contribution < 1.29 is 24.2 Å². The highest BCUT2D eigenvalue weighted by Crippen LogP contribution is 2.55. The minimum atomic E-state index is -0.942. The van der Waals surface area contributed by atoms with Crippen LogP contribution in [0.4, 0.5) is 0 Å².